The zero-order chi connectivity index (χ0) is 18.1. The zero-order valence-corrected chi connectivity index (χ0v) is 14.7. The van der Waals surface area contributed by atoms with E-state index in [1.807, 2.05) is 0 Å². The molecule has 0 unspecified atom stereocenters. The largest absolute Gasteiger partial charge is 0.409 e. The van der Waals surface area contributed by atoms with Gasteiger partial charge in [-0.15, -0.1) is 0 Å². The lowest BCUT2D eigenvalue weighted by molar-refractivity contribution is -0.171. The number of hydrogen-bond acceptors (Lipinski definition) is 3. The number of halogens is 4. The number of benzene rings is 1. The van der Waals surface area contributed by atoms with Crippen LogP contribution in [0.15, 0.2) is 24.3 Å². The third kappa shape index (κ3) is 4.20. The van der Waals surface area contributed by atoms with E-state index in [9.17, 15) is 21.6 Å². The average molecular weight is 387 g/mol. The van der Waals surface area contributed by atoms with E-state index < -0.39 is 22.4 Å². The van der Waals surface area contributed by atoms with Crippen LogP contribution in [0.1, 0.15) is 18.5 Å². The molecule has 5 nitrogen and oxygen atoms in total. The maximum Gasteiger partial charge on any atom is 0.409 e. The fourth-order valence-corrected chi connectivity index (χ4v) is 4.26. The Bertz CT molecular complexity index is 667. The van der Waals surface area contributed by atoms with Gasteiger partial charge in [0.2, 0.25) is 0 Å². The Morgan fingerprint density at radius 1 is 1.33 bits per heavy atom. The summed E-state index contributed by atoms with van der Waals surface area (Å²) in [5.74, 6) is 0. The second-order valence-electron chi connectivity index (χ2n) is 5.56. The van der Waals surface area contributed by atoms with Crippen LogP contribution in [0.3, 0.4) is 0 Å². The van der Waals surface area contributed by atoms with Gasteiger partial charge in [-0.05, 0) is 24.6 Å². The molecule has 0 bridgehead atoms. The highest BCUT2D eigenvalue weighted by atomic mass is 35.5. The highest BCUT2D eigenvalue weighted by molar-refractivity contribution is 7.86. The van der Waals surface area contributed by atoms with Gasteiger partial charge in [-0.3, -0.25) is 0 Å². The number of rotatable bonds is 4. The van der Waals surface area contributed by atoms with Gasteiger partial charge in [0.1, 0.15) is 6.04 Å². The topological polar surface area (TPSA) is 49.9 Å². The third-order valence-electron chi connectivity index (χ3n) is 3.75. The van der Waals surface area contributed by atoms with E-state index in [4.69, 9.17) is 16.3 Å². The van der Waals surface area contributed by atoms with Gasteiger partial charge < -0.3 is 4.74 Å². The van der Waals surface area contributed by atoms with Crippen molar-refractivity contribution < 1.29 is 26.3 Å². The van der Waals surface area contributed by atoms with E-state index in [-0.39, 0.29) is 36.4 Å². The van der Waals surface area contributed by atoms with Gasteiger partial charge in [0.05, 0.1) is 12.7 Å². The fourth-order valence-electron chi connectivity index (χ4n) is 2.56. The number of morpholine rings is 1. The zero-order valence-electron chi connectivity index (χ0n) is 13.1. The minimum absolute atomic E-state index is 0.0118. The smallest absolute Gasteiger partial charge is 0.376 e. The van der Waals surface area contributed by atoms with Gasteiger partial charge in [0, 0.05) is 25.2 Å². The van der Waals surface area contributed by atoms with Crippen molar-refractivity contribution in [2.45, 2.75) is 25.2 Å². The van der Waals surface area contributed by atoms with Crippen LogP contribution >= 0.6 is 11.6 Å². The summed E-state index contributed by atoms with van der Waals surface area (Å²) in [5.41, 5.74) is -0.195. The van der Waals surface area contributed by atoms with E-state index in [0.29, 0.717) is 4.31 Å². The van der Waals surface area contributed by atoms with Crippen molar-refractivity contribution in [1.29, 1.82) is 0 Å². The summed E-state index contributed by atoms with van der Waals surface area (Å²) < 4.78 is 72.5. The van der Waals surface area contributed by atoms with Crippen LogP contribution in [-0.2, 0) is 14.9 Å². The molecule has 1 aromatic carbocycles. The molecule has 2 rings (SSSR count). The Hall–Kier alpha value is -0.870. The third-order valence-corrected chi connectivity index (χ3v) is 5.93. The van der Waals surface area contributed by atoms with Crippen LogP contribution in [0.25, 0.3) is 0 Å². The summed E-state index contributed by atoms with van der Waals surface area (Å²) in [5, 5.41) is 0.271. The van der Waals surface area contributed by atoms with E-state index >= 15 is 0 Å². The molecular formula is C14H18ClF3N2O3S. The molecule has 1 aliphatic heterocycles. The highest BCUT2D eigenvalue weighted by Gasteiger charge is 2.49. The first-order chi connectivity index (χ1) is 11.0. The van der Waals surface area contributed by atoms with Crippen LogP contribution in [0, 0.1) is 0 Å². The predicted octanol–water partition coefficient (Wildman–Crippen LogP) is 2.84. The average Bonchev–Trinajstić information content (AvgIpc) is 2.48. The van der Waals surface area contributed by atoms with Crippen molar-refractivity contribution in [1.82, 2.24) is 8.61 Å². The normalized spacial score (nSPS) is 21.9. The van der Waals surface area contributed by atoms with Crippen LogP contribution in [0.5, 0.6) is 0 Å². The monoisotopic (exact) mass is 386 g/mol. The van der Waals surface area contributed by atoms with Gasteiger partial charge in [-0.25, -0.2) is 0 Å². The molecule has 2 atom stereocenters. The molecule has 1 saturated heterocycles. The summed E-state index contributed by atoms with van der Waals surface area (Å²) in [6.45, 7) is 1.84. The molecule has 0 spiro atoms. The summed E-state index contributed by atoms with van der Waals surface area (Å²) in [6, 6.07) is 2.65. The van der Waals surface area contributed by atoms with Gasteiger partial charge in [0.25, 0.3) is 10.2 Å². The van der Waals surface area contributed by atoms with E-state index in [2.05, 4.69) is 0 Å². The minimum atomic E-state index is -4.77. The minimum Gasteiger partial charge on any atom is -0.376 e. The van der Waals surface area contributed by atoms with Crippen LogP contribution in [0.2, 0.25) is 5.02 Å². The van der Waals surface area contributed by atoms with Gasteiger partial charge in [-0.1, -0.05) is 23.7 Å². The molecule has 136 valence electrons. The summed E-state index contributed by atoms with van der Waals surface area (Å²) >= 11 is 5.70. The van der Waals surface area contributed by atoms with E-state index in [1.54, 1.807) is 6.92 Å². The quantitative estimate of drug-likeness (QED) is 0.799. The highest BCUT2D eigenvalue weighted by Crippen LogP contribution is 2.39. The number of alkyl halides is 3. The Morgan fingerprint density at radius 2 is 1.92 bits per heavy atom. The molecule has 10 heteroatoms. The van der Waals surface area contributed by atoms with Gasteiger partial charge >= 0.3 is 6.18 Å². The van der Waals surface area contributed by atoms with Gasteiger partial charge in [-0.2, -0.15) is 30.2 Å². The predicted molar refractivity (Wildman–Crippen MR) is 83.9 cm³/mol. The summed E-state index contributed by atoms with van der Waals surface area (Å²) in [7, 11) is -3.37. The van der Waals surface area contributed by atoms with Crippen molar-refractivity contribution in [2.24, 2.45) is 0 Å². The first-order valence-corrected chi connectivity index (χ1v) is 8.98. The second-order valence-corrected chi connectivity index (χ2v) is 7.98. The Morgan fingerprint density at radius 3 is 2.42 bits per heavy atom. The van der Waals surface area contributed by atoms with Crippen molar-refractivity contribution >= 4 is 21.8 Å². The Balaban J connectivity index is 2.37. The molecule has 0 aromatic heterocycles. The molecular weight excluding hydrogens is 369 g/mol. The van der Waals surface area contributed by atoms with Crippen molar-refractivity contribution in [2.75, 3.05) is 26.7 Å². The molecule has 1 aromatic rings. The number of nitrogens with zero attached hydrogens (tertiary/aromatic N) is 2. The molecule has 0 radical (unpaired) electrons. The Kier molecular flexibility index (Phi) is 5.81. The van der Waals surface area contributed by atoms with E-state index in [0.717, 1.165) is 11.4 Å². The van der Waals surface area contributed by atoms with Crippen molar-refractivity contribution in [3.05, 3.63) is 34.9 Å². The maximum absolute atomic E-state index is 13.5. The lowest BCUT2D eigenvalue weighted by Gasteiger charge is -2.36. The number of ether oxygens (including phenoxy) is 1. The molecule has 0 saturated carbocycles. The van der Waals surface area contributed by atoms with Crippen LogP contribution < -0.4 is 0 Å². The molecule has 0 aliphatic carbocycles. The molecule has 1 fully saturated rings. The molecule has 1 heterocycles. The maximum atomic E-state index is 13.5. The first-order valence-electron chi connectivity index (χ1n) is 7.20. The fraction of sp³-hybridized carbons (Fsp3) is 0.571. The first kappa shape index (κ1) is 19.5. The standard InChI is InChI=1S/C14H18ClF3N2O3S/c1-10-9-20(7-8-23-10)24(21,22)19(2)13(14(16,17)18)11-3-5-12(15)6-4-11/h3-6,10,13H,7-9H2,1-2H3/t10-,13+/m0/s1. The SMILES string of the molecule is C[C@H]1CN(S(=O)(=O)N(C)[C@H](c2ccc(Cl)cc2)C(F)(F)F)CCO1. The van der Waals surface area contributed by atoms with E-state index in [1.165, 1.54) is 24.3 Å². The summed E-state index contributed by atoms with van der Waals surface area (Å²) in [4.78, 5) is 0. The lowest BCUT2D eigenvalue weighted by Crippen LogP contribution is -2.52. The van der Waals surface area contributed by atoms with Crippen LogP contribution in [-0.4, -0.2) is 56.1 Å². The van der Waals surface area contributed by atoms with Crippen molar-refractivity contribution in [3.8, 4) is 0 Å². The van der Waals surface area contributed by atoms with Gasteiger partial charge in [0.15, 0.2) is 0 Å². The molecule has 24 heavy (non-hydrogen) atoms. The summed E-state index contributed by atoms with van der Waals surface area (Å²) in [6.07, 6.45) is -5.14. The molecule has 1 aliphatic rings. The molecule has 0 amide bonds. The van der Waals surface area contributed by atoms with Crippen molar-refractivity contribution in [3.63, 3.8) is 0 Å². The number of hydrogen-bond donors (Lipinski definition) is 0. The Labute approximate surface area is 144 Å². The molecule has 0 N–H and O–H groups in total. The van der Waals surface area contributed by atoms with Crippen LogP contribution in [0.4, 0.5) is 13.2 Å². The lowest BCUT2D eigenvalue weighted by atomic mass is 10.1. The second kappa shape index (κ2) is 7.17.